The first kappa shape index (κ1) is 20.5. The third-order valence-corrected chi connectivity index (χ3v) is 5.21. The molecule has 0 amide bonds. The van der Waals surface area contributed by atoms with Gasteiger partial charge in [-0.05, 0) is 87.7 Å². The average molecular weight is 355 g/mol. The smallest absolute Gasteiger partial charge is 0.121 e. The summed E-state index contributed by atoms with van der Waals surface area (Å²) in [6, 6.07) is 8.85. The van der Waals surface area contributed by atoms with Crippen molar-refractivity contribution in [3.8, 4) is 5.75 Å². The highest BCUT2D eigenvalue weighted by atomic mass is 16.3. The van der Waals surface area contributed by atoms with Crippen molar-refractivity contribution in [2.75, 3.05) is 27.2 Å². The van der Waals surface area contributed by atoms with E-state index in [-0.39, 0.29) is 0 Å². The van der Waals surface area contributed by atoms with Crippen molar-refractivity contribution in [3.63, 3.8) is 0 Å². The largest absolute Gasteiger partial charge is 0.507 e. The molecule has 0 heterocycles. The predicted octanol–water partition coefficient (Wildman–Crippen LogP) is 4.50. The molecule has 2 aromatic carbocycles. The summed E-state index contributed by atoms with van der Waals surface area (Å²) in [7, 11) is 4.24. The predicted molar refractivity (Wildman–Crippen MR) is 111 cm³/mol. The second-order valence-corrected chi connectivity index (χ2v) is 7.95. The van der Waals surface area contributed by atoms with Crippen LogP contribution >= 0.6 is 0 Å². The lowest BCUT2D eigenvalue weighted by atomic mass is 10.00. The Kier molecular flexibility index (Phi) is 6.85. The number of phenols is 1. The minimum absolute atomic E-state index is 0.415. The van der Waals surface area contributed by atoms with Crippen LogP contribution < -0.4 is 0 Å². The molecular formula is C23H34N2O. The molecule has 3 heteroatoms. The molecule has 0 radical (unpaired) electrons. The molecule has 3 nitrogen and oxygen atoms in total. The molecule has 0 unspecified atom stereocenters. The fraction of sp³-hybridized carbons (Fsp3) is 0.478. The highest BCUT2D eigenvalue weighted by Crippen LogP contribution is 2.24. The standard InChI is InChI=1S/C23H34N2O/c1-16-10-21(11-17(2)20(16)5)14-25(9-8-24(6)7)15-22-12-18(3)23(26)19(4)13-22/h10-13,26H,8-9,14-15H2,1-7H3. The molecule has 0 spiro atoms. The normalized spacial score (nSPS) is 11.6. The van der Waals surface area contributed by atoms with Crippen LogP contribution in [-0.2, 0) is 13.1 Å². The van der Waals surface area contributed by atoms with Crippen molar-refractivity contribution < 1.29 is 5.11 Å². The van der Waals surface area contributed by atoms with Crippen molar-refractivity contribution in [1.29, 1.82) is 0 Å². The molecule has 2 rings (SSSR count). The zero-order chi connectivity index (χ0) is 19.4. The van der Waals surface area contributed by atoms with Gasteiger partial charge in [-0.25, -0.2) is 0 Å². The quantitative estimate of drug-likeness (QED) is 0.793. The van der Waals surface area contributed by atoms with E-state index in [1.54, 1.807) is 0 Å². The molecule has 0 saturated heterocycles. The van der Waals surface area contributed by atoms with E-state index in [0.29, 0.717) is 5.75 Å². The molecule has 0 fully saturated rings. The molecular weight excluding hydrogens is 320 g/mol. The van der Waals surface area contributed by atoms with Gasteiger partial charge in [-0.1, -0.05) is 24.3 Å². The van der Waals surface area contributed by atoms with E-state index < -0.39 is 0 Å². The Balaban J connectivity index is 2.23. The third-order valence-electron chi connectivity index (χ3n) is 5.21. The molecule has 0 atom stereocenters. The van der Waals surface area contributed by atoms with Gasteiger partial charge >= 0.3 is 0 Å². The van der Waals surface area contributed by atoms with E-state index in [1.807, 2.05) is 13.8 Å². The fourth-order valence-electron chi connectivity index (χ4n) is 3.43. The first-order chi connectivity index (χ1) is 12.2. The van der Waals surface area contributed by atoms with Gasteiger partial charge in [-0.3, -0.25) is 4.90 Å². The van der Waals surface area contributed by atoms with E-state index >= 15 is 0 Å². The van der Waals surface area contributed by atoms with Crippen molar-refractivity contribution in [3.05, 3.63) is 63.2 Å². The summed E-state index contributed by atoms with van der Waals surface area (Å²) < 4.78 is 0. The van der Waals surface area contributed by atoms with Gasteiger partial charge < -0.3 is 10.0 Å². The molecule has 1 N–H and O–H groups in total. The summed E-state index contributed by atoms with van der Waals surface area (Å²) in [6.07, 6.45) is 0. The van der Waals surface area contributed by atoms with Gasteiger partial charge in [0.25, 0.3) is 0 Å². The SMILES string of the molecule is Cc1cc(CN(CCN(C)C)Cc2cc(C)c(O)c(C)c2)cc(C)c1C. The highest BCUT2D eigenvalue weighted by molar-refractivity contribution is 5.42. The number of benzene rings is 2. The maximum absolute atomic E-state index is 10.0. The third kappa shape index (κ3) is 5.33. The molecule has 142 valence electrons. The molecule has 26 heavy (non-hydrogen) atoms. The lowest BCUT2D eigenvalue weighted by Gasteiger charge is -2.25. The van der Waals surface area contributed by atoms with E-state index in [1.165, 1.54) is 27.8 Å². The monoisotopic (exact) mass is 354 g/mol. The fourth-order valence-corrected chi connectivity index (χ4v) is 3.43. The van der Waals surface area contributed by atoms with Gasteiger partial charge in [0, 0.05) is 26.2 Å². The number of aromatic hydroxyl groups is 1. The minimum Gasteiger partial charge on any atom is -0.507 e. The van der Waals surface area contributed by atoms with E-state index in [9.17, 15) is 5.11 Å². The molecule has 2 aromatic rings. The van der Waals surface area contributed by atoms with Crippen LogP contribution in [0.1, 0.15) is 38.9 Å². The van der Waals surface area contributed by atoms with E-state index in [2.05, 4.69) is 68.9 Å². The number of likely N-dealkylation sites (N-methyl/N-ethyl adjacent to an activating group) is 1. The summed E-state index contributed by atoms with van der Waals surface area (Å²) in [5.41, 5.74) is 8.66. The van der Waals surface area contributed by atoms with Crippen molar-refractivity contribution in [1.82, 2.24) is 9.80 Å². The van der Waals surface area contributed by atoms with Gasteiger partial charge in [0.05, 0.1) is 0 Å². The highest BCUT2D eigenvalue weighted by Gasteiger charge is 2.12. The number of rotatable bonds is 7. The lowest BCUT2D eigenvalue weighted by molar-refractivity contribution is 0.226. The lowest BCUT2D eigenvalue weighted by Crippen LogP contribution is -2.31. The second kappa shape index (κ2) is 8.70. The van der Waals surface area contributed by atoms with Crippen LogP contribution in [0.2, 0.25) is 0 Å². The zero-order valence-electron chi connectivity index (χ0n) is 17.5. The molecule has 0 saturated carbocycles. The Morgan fingerprint density at radius 3 is 1.54 bits per heavy atom. The molecule has 0 aliphatic rings. The summed E-state index contributed by atoms with van der Waals surface area (Å²) >= 11 is 0. The van der Waals surface area contributed by atoms with Crippen LogP contribution in [0.4, 0.5) is 0 Å². The molecule has 0 bridgehead atoms. The first-order valence-electron chi connectivity index (χ1n) is 9.40. The second-order valence-electron chi connectivity index (χ2n) is 7.95. The summed E-state index contributed by atoms with van der Waals surface area (Å²) in [4.78, 5) is 4.72. The van der Waals surface area contributed by atoms with Gasteiger partial charge in [-0.2, -0.15) is 0 Å². The maximum atomic E-state index is 10.0. The topological polar surface area (TPSA) is 26.7 Å². The Morgan fingerprint density at radius 2 is 1.12 bits per heavy atom. The van der Waals surface area contributed by atoms with Crippen LogP contribution in [0.15, 0.2) is 24.3 Å². The van der Waals surface area contributed by atoms with Crippen molar-refractivity contribution >= 4 is 0 Å². The summed E-state index contributed by atoms with van der Waals surface area (Å²) in [5, 5.41) is 10.0. The van der Waals surface area contributed by atoms with Crippen LogP contribution in [0.3, 0.4) is 0 Å². The number of hydrogen-bond acceptors (Lipinski definition) is 3. The molecule has 0 aliphatic carbocycles. The van der Waals surface area contributed by atoms with E-state index in [0.717, 1.165) is 37.3 Å². The van der Waals surface area contributed by atoms with Crippen molar-refractivity contribution in [2.24, 2.45) is 0 Å². The van der Waals surface area contributed by atoms with Crippen LogP contribution in [0, 0.1) is 34.6 Å². The minimum atomic E-state index is 0.415. The van der Waals surface area contributed by atoms with Gasteiger partial charge in [0.1, 0.15) is 5.75 Å². The molecule has 0 aromatic heterocycles. The van der Waals surface area contributed by atoms with Crippen molar-refractivity contribution in [2.45, 2.75) is 47.7 Å². The maximum Gasteiger partial charge on any atom is 0.121 e. The molecule has 0 aliphatic heterocycles. The first-order valence-corrected chi connectivity index (χ1v) is 9.40. The summed E-state index contributed by atoms with van der Waals surface area (Å²) in [5.74, 6) is 0.415. The Labute approximate surface area is 159 Å². The number of aryl methyl sites for hydroxylation is 4. The van der Waals surface area contributed by atoms with Crippen LogP contribution in [0.25, 0.3) is 0 Å². The van der Waals surface area contributed by atoms with Crippen LogP contribution in [-0.4, -0.2) is 42.1 Å². The van der Waals surface area contributed by atoms with Gasteiger partial charge in [-0.15, -0.1) is 0 Å². The van der Waals surface area contributed by atoms with Crippen LogP contribution in [0.5, 0.6) is 5.75 Å². The average Bonchev–Trinajstić information content (AvgIpc) is 2.55. The van der Waals surface area contributed by atoms with Gasteiger partial charge in [0.15, 0.2) is 0 Å². The Bertz CT molecular complexity index is 659. The van der Waals surface area contributed by atoms with E-state index in [4.69, 9.17) is 0 Å². The Hall–Kier alpha value is -1.84. The number of phenolic OH excluding ortho intramolecular Hbond substituents is 1. The Morgan fingerprint density at radius 1 is 0.692 bits per heavy atom. The zero-order valence-corrected chi connectivity index (χ0v) is 17.5. The summed E-state index contributed by atoms with van der Waals surface area (Å²) in [6.45, 7) is 14.4. The number of nitrogens with zero attached hydrogens (tertiary/aromatic N) is 2. The number of hydrogen-bond donors (Lipinski definition) is 1. The van der Waals surface area contributed by atoms with Gasteiger partial charge in [0.2, 0.25) is 0 Å².